The van der Waals surface area contributed by atoms with Crippen molar-refractivity contribution in [1.82, 2.24) is 15.6 Å². The number of carbonyl (C=O) groups excluding carboxylic acids is 2. The number of ether oxygens (including phenoxy) is 5. The molecule has 1 atom stereocenters. The molecule has 3 aromatic carbocycles. The van der Waals surface area contributed by atoms with Gasteiger partial charge in [-0.15, -0.1) is 0 Å². The van der Waals surface area contributed by atoms with E-state index in [2.05, 4.69) is 20.9 Å². The molecule has 6 N–H and O–H groups in total. The molecule has 14 nitrogen and oxygen atoms in total. The molecule has 1 aromatic heterocycles. The van der Waals surface area contributed by atoms with Crippen LogP contribution >= 0.6 is 0 Å². The summed E-state index contributed by atoms with van der Waals surface area (Å²) < 4.78 is 27.9. The van der Waals surface area contributed by atoms with Crippen LogP contribution in [0.25, 0.3) is 21.9 Å². The molecule has 0 unspecified atom stereocenters. The first-order valence-corrected chi connectivity index (χ1v) is 18.5. The van der Waals surface area contributed by atoms with E-state index in [0.717, 1.165) is 39.0 Å². The molecule has 0 radical (unpaired) electrons. The van der Waals surface area contributed by atoms with E-state index in [4.69, 9.17) is 29.4 Å². The SMILES string of the molecule is Cc1ccnc(NCCCC(=O)NCC(=O)N[C@@H](CC(=O)O)c2ccc(-c3ccc(OCCOCCOCCOCCOCCN)c4ccccc34)cc2)c1. The number of nitrogens with one attached hydrogen (secondary N) is 3. The molecule has 0 saturated carbocycles. The number of carbonyl (C=O) groups is 3. The molecule has 4 rings (SSSR count). The molecule has 0 fully saturated rings. The molecule has 2 amide bonds. The average molecular weight is 760 g/mol. The van der Waals surface area contributed by atoms with Gasteiger partial charge in [0.25, 0.3) is 0 Å². The lowest BCUT2D eigenvalue weighted by molar-refractivity contribution is -0.138. The number of hydrogen-bond acceptors (Lipinski definition) is 11. The number of aromatic nitrogens is 1. The second kappa shape index (κ2) is 24.3. The van der Waals surface area contributed by atoms with Gasteiger partial charge in [-0.1, -0.05) is 54.6 Å². The summed E-state index contributed by atoms with van der Waals surface area (Å²) in [5.41, 5.74) is 8.98. The minimum atomic E-state index is -1.06. The molecule has 0 spiro atoms. The van der Waals surface area contributed by atoms with Crippen LogP contribution < -0.4 is 26.4 Å². The number of nitrogens with two attached hydrogens (primary N) is 1. The normalized spacial score (nSPS) is 11.6. The first kappa shape index (κ1) is 42.6. The molecule has 0 aliphatic carbocycles. The van der Waals surface area contributed by atoms with Gasteiger partial charge < -0.3 is 50.5 Å². The van der Waals surface area contributed by atoms with Gasteiger partial charge in [-0.3, -0.25) is 14.4 Å². The highest BCUT2D eigenvalue weighted by Crippen LogP contribution is 2.35. The van der Waals surface area contributed by atoms with Crippen molar-refractivity contribution in [3.63, 3.8) is 0 Å². The number of carboxylic acid groups (broad SMARTS) is 1. The molecule has 0 bridgehead atoms. The van der Waals surface area contributed by atoms with Crippen molar-refractivity contribution in [1.29, 1.82) is 0 Å². The fourth-order valence-electron chi connectivity index (χ4n) is 5.64. The van der Waals surface area contributed by atoms with E-state index in [1.54, 1.807) is 6.20 Å². The summed E-state index contributed by atoms with van der Waals surface area (Å²) in [6.07, 6.45) is 2.18. The van der Waals surface area contributed by atoms with E-state index >= 15 is 0 Å². The van der Waals surface area contributed by atoms with Gasteiger partial charge in [0.1, 0.15) is 18.2 Å². The summed E-state index contributed by atoms with van der Waals surface area (Å²) in [5, 5.41) is 20.1. The van der Waals surface area contributed by atoms with E-state index in [0.29, 0.717) is 84.5 Å². The first-order valence-electron chi connectivity index (χ1n) is 18.5. The molecular formula is C41H53N5O9. The molecule has 0 saturated heterocycles. The third-order valence-corrected chi connectivity index (χ3v) is 8.33. The highest BCUT2D eigenvalue weighted by atomic mass is 16.6. The molecule has 0 aliphatic rings. The maximum absolute atomic E-state index is 12.8. The summed E-state index contributed by atoms with van der Waals surface area (Å²) >= 11 is 0. The Morgan fingerprint density at radius 3 is 2.09 bits per heavy atom. The summed E-state index contributed by atoms with van der Waals surface area (Å²) in [5.74, 6) is -0.336. The van der Waals surface area contributed by atoms with Gasteiger partial charge in [0.05, 0.1) is 71.9 Å². The van der Waals surface area contributed by atoms with E-state index in [9.17, 15) is 19.5 Å². The first-order chi connectivity index (χ1) is 26.8. The van der Waals surface area contributed by atoms with Gasteiger partial charge in [-0.25, -0.2) is 4.98 Å². The molecule has 1 heterocycles. The number of pyridine rings is 1. The topological polar surface area (TPSA) is 193 Å². The lowest BCUT2D eigenvalue weighted by atomic mass is 9.95. The van der Waals surface area contributed by atoms with Crippen molar-refractivity contribution in [2.45, 2.75) is 32.2 Å². The van der Waals surface area contributed by atoms with Gasteiger partial charge in [0.2, 0.25) is 11.8 Å². The Bertz CT molecular complexity index is 1770. The minimum absolute atomic E-state index is 0.226. The summed E-state index contributed by atoms with van der Waals surface area (Å²) in [6, 6.07) is 22.3. The van der Waals surface area contributed by atoms with Gasteiger partial charge in [-0.05, 0) is 59.2 Å². The molecule has 296 valence electrons. The zero-order chi connectivity index (χ0) is 39.1. The monoisotopic (exact) mass is 759 g/mol. The Morgan fingerprint density at radius 1 is 0.782 bits per heavy atom. The van der Waals surface area contributed by atoms with Gasteiger partial charge >= 0.3 is 5.97 Å². The molecule has 0 aliphatic heterocycles. The Balaban J connectivity index is 1.22. The zero-order valence-corrected chi connectivity index (χ0v) is 31.4. The highest BCUT2D eigenvalue weighted by Gasteiger charge is 2.19. The molecule has 14 heteroatoms. The van der Waals surface area contributed by atoms with E-state index < -0.39 is 17.9 Å². The van der Waals surface area contributed by atoms with Crippen LogP contribution in [-0.2, 0) is 33.3 Å². The number of fused-ring (bicyclic) bond motifs is 1. The van der Waals surface area contributed by atoms with Crippen LogP contribution in [0.3, 0.4) is 0 Å². The standard InChI is InChI=1S/C41H53N5O9/c1-30-14-17-44-38(27-30)43-16-4-7-39(47)45-29-40(48)46-36(28-41(49)50)32-10-8-31(9-11-32)33-12-13-37(35-6-3-2-5-34(33)35)55-26-25-54-24-23-53-22-21-52-20-19-51-18-15-42/h2-3,5-6,8-14,17,27,36H,4,7,15-16,18-26,28-29,42H2,1H3,(H,43,44)(H,45,47)(H,46,48)(H,49,50)/t36-/m0/s1. The van der Waals surface area contributed by atoms with Gasteiger partial charge in [0.15, 0.2) is 0 Å². The van der Waals surface area contributed by atoms with E-state index in [-0.39, 0.29) is 25.3 Å². The summed E-state index contributed by atoms with van der Waals surface area (Å²) in [6.45, 7) is 6.96. The second-order valence-electron chi connectivity index (χ2n) is 12.6. The number of carboxylic acids is 1. The van der Waals surface area contributed by atoms with Crippen molar-refractivity contribution >= 4 is 34.4 Å². The van der Waals surface area contributed by atoms with Crippen molar-refractivity contribution in [2.24, 2.45) is 5.73 Å². The van der Waals surface area contributed by atoms with Crippen LogP contribution in [0.15, 0.2) is 79.0 Å². The number of rotatable bonds is 27. The predicted molar refractivity (Wildman–Crippen MR) is 210 cm³/mol. The highest BCUT2D eigenvalue weighted by molar-refractivity contribution is 6.00. The number of nitrogens with zero attached hydrogens (tertiary/aromatic N) is 1. The van der Waals surface area contributed by atoms with Gasteiger partial charge in [0, 0.05) is 31.1 Å². The third-order valence-electron chi connectivity index (χ3n) is 8.33. The Morgan fingerprint density at radius 2 is 1.44 bits per heavy atom. The molecule has 4 aromatic rings. The fraction of sp³-hybridized carbons (Fsp3) is 0.415. The Kier molecular flexibility index (Phi) is 18.8. The van der Waals surface area contributed by atoms with Crippen molar-refractivity contribution in [2.75, 3.05) is 84.4 Å². The van der Waals surface area contributed by atoms with E-state index in [1.807, 2.05) is 79.7 Å². The van der Waals surface area contributed by atoms with Crippen LogP contribution in [-0.4, -0.2) is 107 Å². The van der Waals surface area contributed by atoms with E-state index in [1.165, 1.54) is 0 Å². The van der Waals surface area contributed by atoms with Crippen LogP contribution in [0.1, 0.15) is 36.4 Å². The largest absolute Gasteiger partial charge is 0.491 e. The number of hydrogen-bond donors (Lipinski definition) is 5. The van der Waals surface area contributed by atoms with Crippen LogP contribution in [0, 0.1) is 6.92 Å². The number of aliphatic carboxylic acids is 1. The molecule has 55 heavy (non-hydrogen) atoms. The van der Waals surface area contributed by atoms with Crippen molar-refractivity contribution in [3.8, 4) is 16.9 Å². The maximum atomic E-state index is 12.8. The minimum Gasteiger partial charge on any atom is -0.491 e. The van der Waals surface area contributed by atoms with Crippen LogP contribution in [0.2, 0.25) is 0 Å². The fourth-order valence-corrected chi connectivity index (χ4v) is 5.64. The predicted octanol–water partition coefficient (Wildman–Crippen LogP) is 4.25. The zero-order valence-electron chi connectivity index (χ0n) is 31.4. The third kappa shape index (κ3) is 15.6. The lowest BCUT2D eigenvalue weighted by Crippen LogP contribution is -2.39. The van der Waals surface area contributed by atoms with Crippen LogP contribution in [0.5, 0.6) is 5.75 Å². The smallest absolute Gasteiger partial charge is 0.305 e. The summed E-state index contributed by atoms with van der Waals surface area (Å²) in [7, 11) is 0. The van der Waals surface area contributed by atoms with Crippen LogP contribution in [0.4, 0.5) is 5.82 Å². The number of aryl methyl sites for hydroxylation is 1. The molecular weight excluding hydrogens is 706 g/mol. The number of benzene rings is 3. The van der Waals surface area contributed by atoms with Gasteiger partial charge in [-0.2, -0.15) is 0 Å². The maximum Gasteiger partial charge on any atom is 0.305 e. The Labute approximate surface area is 322 Å². The lowest BCUT2D eigenvalue weighted by Gasteiger charge is -2.19. The quantitative estimate of drug-likeness (QED) is 0.0544. The van der Waals surface area contributed by atoms with Crippen molar-refractivity contribution < 1.29 is 43.2 Å². The second-order valence-corrected chi connectivity index (χ2v) is 12.6. The average Bonchev–Trinajstić information content (AvgIpc) is 3.18. The summed E-state index contributed by atoms with van der Waals surface area (Å²) in [4.78, 5) is 41.1. The van der Waals surface area contributed by atoms with Crippen molar-refractivity contribution in [3.05, 3.63) is 90.1 Å². The number of amides is 2. The Hall–Kier alpha value is -5.12. The number of anilines is 1.